The Bertz CT molecular complexity index is 2200. The maximum atomic E-state index is 11.9. The van der Waals surface area contributed by atoms with Crippen molar-refractivity contribution in [1.82, 2.24) is 0 Å². The van der Waals surface area contributed by atoms with Gasteiger partial charge in [0.25, 0.3) is 0 Å². The van der Waals surface area contributed by atoms with E-state index in [1.807, 2.05) is 111 Å². The zero-order valence-corrected chi connectivity index (χ0v) is 40.8. The van der Waals surface area contributed by atoms with Gasteiger partial charge in [0.1, 0.15) is 10.1 Å². The first kappa shape index (κ1) is 51.3. The summed E-state index contributed by atoms with van der Waals surface area (Å²) in [7, 11) is -4.72. The number of rotatable bonds is 16. The van der Waals surface area contributed by atoms with E-state index in [1.54, 1.807) is 11.0 Å². The fraction of sp³-hybridized carbons (Fsp3) is 0.275. The van der Waals surface area contributed by atoms with Crippen LogP contribution in [0.15, 0.2) is 124 Å². The standard InChI is InChI=1S/C40H42N2O10S2.3Na/c1-39(2)31-25-29(53-52-51-47)16-18-33(31)41(22-20-37(43)44)35(39)14-8-12-28(24-27-10-6-5-7-11-27)13-9-15-36-40(3,4)32-26-30(54(48,49)50)17-19-34(32)42(36)23-21-38(45)46;;;/h5-19,25-26H,20-24H2,1-4H3,(H3-,43,44,45,46,47,48,49,50);;;/q;3*+1/p-3. The Morgan fingerprint density at radius 3 is 2.19 bits per heavy atom. The van der Waals surface area contributed by atoms with Gasteiger partial charge in [-0.05, 0) is 73.4 Å². The van der Waals surface area contributed by atoms with Gasteiger partial charge in [-0.1, -0.05) is 68.5 Å². The zero-order chi connectivity index (χ0) is 39.3. The molecule has 0 saturated heterocycles. The number of carbonyl (C=O) groups is 2. The van der Waals surface area contributed by atoms with Crippen LogP contribution >= 0.6 is 12.0 Å². The SMILES string of the molecule is CC1(C)C(/C=C/C=C(/C=C/C=C2/N(CCC(=O)[O-])c3ccc(S(=O)(=O)[O-])cc3C2(C)C)Cc2ccccc2)=[N+](CCC(=O)[O-])c2ccc(SOO[O-])cc21.[Na+].[Na+].[Na+]. The van der Waals surface area contributed by atoms with Crippen molar-refractivity contribution in [2.45, 2.75) is 67.6 Å². The van der Waals surface area contributed by atoms with Crippen LogP contribution < -0.4 is 109 Å². The molecule has 284 valence electrons. The minimum atomic E-state index is -4.72. The second kappa shape index (κ2) is 22.1. The van der Waals surface area contributed by atoms with Gasteiger partial charge in [-0.3, -0.25) is 5.04 Å². The number of benzene rings is 3. The van der Waals surface area contributed by atoms with Gasteiger partial charge < -0.3 is 34.5 Å². The molecule has 0 N–H and O–H groups in total. The Kier molecular flexibility index (Phi) is 19.9. The predicted octanol–water partition coefficient (Wildman–Crippen LogP) is -5.55. The largest absolute Gasteiger partial charge is 1.00 e. The summed E-state index contributed by atoms with van der Waals surface area (Å²) in [6, 6.07) is 19.4. The van der Waals surface area contributed by atoms with Gasteiger partial charge in [0.2, 0.25) is 5.69 Å². The third kappa shape index (κ3) is 12.6. The summed E-state index contributed by atoms with van der Waals surface area (Å²) < 4.78 is 42.1. The maximum absolute atomic E-state index is 11.9. The summed E-state index contributed by atoms with van der Waals surface area (Å²) in [6.45, 7) is 8.05. The minimum absolute atomic E-state index is 0. The van der Waals surface area contributed by atoms with Gasteiger partial charge in [0.15, 0.2) is 12.3 Å². The average molecular weight is 841 g/mol. The number of carboxylic acid groups (broad SMARTS) is 2. The van der Waals surface area contributed by atoms with Gasteiger partial charge in [0, 0.05) is 70.7 Å². The quantitative estimate of drug-likeness (QED) is 0.0254. The molecule has 0 unspecified atom stereocenters. The molecule has 2 aliphatic rings. The Balaban J connectivity index is 0.00000374. The van der Waals surface area contributed by atoms with Crippen LogP contribution in [-0.2, 0) is 46.3 Å². The molecule has 0 spiro atoms. The number of allylic oxidation sites excluding steroid dienone is 8. The molecule has 0 amide bonds. The van der Waals surface area contributed by atoms with Crippen molar-refractivity contribution in [3.05, 3.63) is 131 Å². The van der Waals surface area contributed by atoms with Crippen molar-refractivity contribution in [3.63, 3.8) is 0 Å². The molecule has 0 fully saturated rings. The molecule has 3 aromatic rings. The van der Waals surface area contributed by atoms with Crippen LogP contribution in [0.4, 0.5) is 11.4 Å². The van der Waals surface area contributed by atoms with Gasteiger partial charge in [-0.15, -0.1) is 0 Å². The van der Waals surface area contributed by atoms with Crippen molar-refractivity contribution >= 4 is 51.2 Å². The van der Waals surface area contributed by atoms with Crippen LogP contribution in [0, 0.1) is 0 Å². The summed E-state index contributed by atoms with van der Waals surface area (Å²) in [5, 5.41) is 36.9. The third-order valence-corrected chi connectivity index (χ3v) is 11.0. The molecule has 0 radical (unpaired) electrons. The van der Waals surface area contributed by atoms with Crippen molar-refractivity contribution in [2.75, 3.05) is 18.0 Å². The molecule has 2 heterocycles. The summed E-state index contributed by atoms with van der Waals surface area (Å²) in [6.07, 6.45) is 11.5. The van der Waals surface area contributed by atoms with Crippen LogP contribution in [0.2, 0.25) is 0 Å². The molecular weight excluding hydrogens is 802 g/mol. The first-order chi connectivity index (χ1) is 25.5. The number of carboxylic acids is 2. The summed E-state index contributed by atoms with van der Waals surface area (Å²) in [5.41, 5.74) is 5.08. The normalized spacial score (nSPS) is 16.3. The summed E-state index contributed by atoms with van der Waals surface area (Å²) in [5.74, 6) is -2.41. The Morgan fingerprint density at radius 1 is 0.877 bits per heavy atom. The molecule has 17 heteroatoms. The molecule has 0 bridgehead atoms. The molecule has 0 aromatic heterocycles. The molecule has 3 aromatic carbocycles. The molecule has 57 heavy (non-hydrogen) atoms. The first-order valence-electron chi connectivity index (χ1n) is 17.0. The van der Waals surface area contributed by atoms with Crippen LogP contribution in [0.5, 0.6) is 0 Å². The first-order valence-corrected chi connectivity index (χ1v) is 19.2. The van der Waals surface area contributed by atoms with Crippen molar-refractivity contribution in [2.24, 2.45) is 0 Å². The molecule has 5 rings (SSSR count). The van der Waals surface area contributed by atoms with Gasteiger partial charge in [-0.25, -0.2) is 8.42 Å². The number of fused-ring (bicyclic) bond motifs is 2. The second-order valence-corrected chi connectivity index (χ2v) is 16.0. The number of aliphatic carboxylic acids is 2. The number of hydrogen-bond acceptors (Lipinski definition) is 12. The molecule has 0 atom stereocenters. The van der Waals surface area contributed by atoms with E-state index in [0.29, 0.717) is 28.3 Å². The number of nitrogens with zero attached hydrogens (tertiary/aromatic N) is 2. The molecule has 0 aliphatic carbocycles. The zero-order valence-electron chi connectivity index (χ0n) is 33.1. The van der Waals surface area contributed by atoms with Crippen LogP contribution in [-0.4, -0.2) is 48.3 Å². The predicted molar refractivity (Wildman–Crippen MR) is 196 cm³/mol. The average Bonchev–Trinajstić information content (AvgIpc) is 3.46. The van der Waals surface area contributed by atoms with Crippen molar-refractivity contribution < 1.29 is 141 Å². The van der Waals surface area contributed by atoms with E-state index in [1.165, 1.54) is 18.2 Å². The van der Waals surface area contributed by atoms with Gasteiger partial charge in [-0.2, -0.15) is 8.91 Å². The van der Waals surface area contributed by atoms with Crippen LogP contribution in [0.1, 0.15) is 57.2 Å². The topological polar surface area (TPSA) is 185 Å². The van der Waals surface area contributed by atoms with E-state index < -0.39 is 32.9 Å². The number of anilines is 1. The Labute approximate surface area is 404 Å². The Morgan fingerprint density at radius 2 is 1.56 bits per heavy atom. The number of hydrogen-bond donors (Lipinski definition) is 0. The monoisotopic (exact) mass is 840 g/mol. The van der Waals surface area contributed by atoms with E-state index in [4.69, 9.17) is 0 Å². The number of carbonyl (C=O) groups excluding carboxylic acids is 2. The fourth-order valence-corrected chi connectivity index (χ4v) is 7.88. The van der Waals surface area contributed by atoms with Gasteiger partial charge >= 0.3 is 88.7 Å². The fourth-order valence-electron chi connectivity index (χ4n) is 6.99. The maximum Gasteiger partial charge on any atom is 1.00 e. The van der Waals surface area contributed by atoms with Gasteiger partial charge in [0.05, 0.1) is 22.4 Å². The van der Waals surface area contributed by atoms with E-state index >= 15 is 0 Å². The van der Waals surface area contributed by atoms with Crippen LogP contribution in [0.25, 0.3) is 0 Å². The van der Waals surface area contributed by atoms with Crippen molar-refractivity contribution in [3.8, 4) is 0 Å². The van der Waals surface area contributed by atoms with E-state index in [9.17, 15) is 38.0 Å². The third-order valence-electron chi connectivity index (χ3n) is 9.63. The minimum Gasteiger partial charge on any atom is -0.744 e. The smallest absolute Gasteiger partial charge is 0.744 e. The second-order valence-electron chi connectivity index (χ2n) is 13.9. The summed E-state index contributed by atoms with van der Waals surface area (Å²) in [4.78, 5) is 25.1. The van der Waals surface area contributed by atoms with E-state index in [2.05, 4.69) is 9.37 Å². The molecule has 0 saturated carbocycles. The van der Waals surface area contributed by atoms with E-state index in [-0.39, 0.29) is 119 Å². The molecule has 12 nitrogen and oxygen atoms in total. The van der Waals surface area contributed by atoms with Crippen LogP contribution in [0.3, 0.4) is 0 Å². The summed E-state index contributed by atoms with van der Waals surface area (Å²) >= 11 is 0.774. The Hall–Kier alpha value is -1.83. The van der Waals surface area contributed by atoms with Crippen molar-refractivity contribution in [1.29, 1.82) is 0 Å². The van der Waals surface area contributed by atoms with E-state index in [0.717, 1.165) is 40.1 Å². The molecule has 2 aliphatic heterocycles. The molecular formula is C40H39N2Na3O10S2.